The van der Waals surface area contributed by atoms with Crippen LogP contribution in [0.25, 0.3) is 0 Å². The number of anilines is 1. The first kappa shape index (κ1) is 16.1. The number of halogens is 2. The molecule has 1 aromatic heterocycles. The Labute approximate surface area is 137 Å². The molecule has 1 heterocycles. The Morgan fingerprint density at radius 2 is 2.05 bits per heavy atom. The van der Waals surface area contributed by atoms with E-state index in [2.05, 4.69) is 5.32 Å². The predicted molar refractivity (Wildman–Crippen MR) is 88.9 cm³/mol. The van der Waals surface area contributed by atoms with Crippen LogP contribution in [0.4, 0.5) is 5.69 Å². The topological polar surface area (TPSA) is 38.3 Å². The van der Waals surface area contributed by atoms with Crippen molar-refractivity contribution in [2.75, 3.05) is 12.4 Å². The Kier molecular flexibility index (Phi) is 5.14. The van der Waals surface area contributed by atoms with Crippen LogP contribution in [0.1, 0.15) is 34.5 Å². The number of benzene rings is 1. The second kappa shape index (κ2) is 6.69. The largest absolute Gasteiger partial charge is 0.465 e. The molecule has 21 heavy (non-hydrogen) atoms. The number of carbonyl (C=O) groups is 1. The van der Waals surface area contributed by atoms with Gasteiger partial charge in [-0.1, -0.05) is 23.2 Å². The lowest BCUT2D eigenvalue weighted by Crippen LogP contribution is -2.08. The maximum Gasteiger partial charge on any atom is 0.337 e. The molecule has 1 aromatic carbocycles. The van der Waals surface area contributed by atoms with E-state index in [1.54, 1.807) is 12.1 Å². The molecule has 0 aliphatic rings. The smallest absolute Gasteiger partial charge is 0.337 e. The zero-order valence-corrected chi connectivity index (χ0v) is 14.2. The number of methoxy groups -OCH3 is 1. The van der Waals surface area contributed by atoms with Crippen LogP contribution in [0.2, 0.25) is 8.67 Å². The Morgan fingerprint density at radius 1 is 1.33 bits per heavy atom. The second-order valence-electron chi connectivity index (χ2n) is 4.67. The Hall–Kier alpha value is -1.23. The molecular formula is C15H15Cl2NO2S. The highest BCUT2D eigenvalue weighted by atomic mass is 35.5. The van der Waals surface area contributed by atoms with Crippen LogP contribution in [0, 0.1) is 6.92 Å². The third kappa shape index (κ3) is 3.70. The van der Waals surface area contributed by atoms with E-state index in [0.717, 1.165) is 16.8 Å². The predicted octanol–water partition coefficient (Wildman–Crippen LogP) is 5.32. The summed E-state index contributed by atoms with van der Waals surface area (Å²) in [5.41, 5.74) is 3.39. The zero-order valence-electron chi connectivity index (χ0n) is 11.9. The summed E-state index contributed by atoms with van der Waals surface area (Å²) in [4.78, 5) is 11.5. The first-order valence-electron chi connectivity index (χ1n) is 6.32. The van der Waals surface area contributed by atoms with E-state index in [0.29, 0.717) is 14.2 Å². The molecule has 2 rings (SSSR count). The van der Waals surface area contributed by atoms with Gasteiger partial charge in [-0.05, 0) is 43.7 Å². The molecule has 0 amide bonds. The monoisotopic (exact) mass is 343 g/mol. The molecule has 0 aliphatic carbocycles. The standard InChI is InChI=1S/C15H15Cl2NO2S/c1-8-6-10(15(19)20-3)4-5-12(8)18-9(2)11-7-13(16)21-14(11)17/h4-7,9,18H,1-3H3. The maximum atomic E-state index is 11.5. The lowest BCUT2D eigenvalue weighted by atomic mass is 10.1. The molecule has 0 radical (unpaired) electrons. The van der Waals surface area contributed by atoms with E-state index >= 15 is 0 Å². The summed E-state index contributed by atoms with van der Waals surface area (Å²) >= 11 is 13.5. The van der Waals surface area contributed by atoms with E-state index < -0.39 is 0 Å². The van der Waals surface area contributed by atoms with E-state index in [9.17, 15) is 4.79 Å². The van der Waals surface area contributed by atoms with Gasteiger partial charge >= 0.3 is 5.97 Å². The number of hydrogen-bond acceptors (Lipinski definition) is 4. The number of ether oxygens (including phenoxy) is 1. The minimum atomic E-state index is -0.342. The summed E-state index contributed by atoms with van der Waals surface area (Å²) in [5.74, 6) is -0.342. The van der Waals surface area contributed by atoms with Crippen molar-refractivity contribution in [2.45, 2.75) is 19.9 Å². The molecule has 0 bridgehead atoms. The fraction of sp³-hybridized carbons (Fsp3) is 0.267. The first-order chi connectivity index (χ1) is 9.92. The maximum absolute atomic E-state index is 11.5. The fourth-order valence-electron chi connectivity index (χ4n) is 2.03. The van der Waals surface area contributed by atoms with E-state index in [1.165, 1.54) is 18.4 Å². The van der Waals surface area contributed by atoms with Crippen LogP contribution >= 0.6 is 34.5 Å². The summed E-state index contributed by atoms with van der Waals surface area (Å²) in [6.45, 7) is 3.95. The zero-order chi connectivity index (χ0) is 15.6. The van der Waals surface area contributed by atoms with Gasteiger partial charge in [0.2, 0.25) is 0 Å². The number of nitrogens with one attached hydrogen (secondary N) is 1. The Bertz CT molecular complexity index is 670. The van der Waals surface area contributed by atoms with Crippen LogP contribution in [0.3, 0.4) is 0 Å². The normalized spacial score (nSPS) is 12.0. The SMILES string of the molecule is COC(=O)c1ccc(NC(C)c2cc(Cl)sc2Cl)c(C)c1. The third-order valence-corrected chi connectivity index (χ3v) is 4.69. The van der Waals surface area contributed by atoms with Gasteiger partial charge in [-0.2, -0.15) is 0 Å². The summed E-state index contributed by atoms with van der Waals surface area (Å²) in [5, 5.41) is 3.38. The van der Waals surface area contributed by atoms with Gasteiger partial charge in [-0.25, -0.2) is 4.79 Å². The highest BCUT2D eigenvalue weighted by Crippen LogP contribution is 2.36. The molecule has 3 nitrogen and oxygen atoms in total. The van der Waals surface area contributed by atoms with Crippen molar-refractivity contribution in [3.63, 3.8) is 0 Å². The number of rotatable bonds is 4. The van der Waals surface area contributed by atoms with Gasteiger partial charge in [0.25, 0.3) is 0 Å². The van der Waals surface area contributed by atoms with Crippen LogP contribution < -0.4 is 5.32 Å². The highest BCUT2D eigenvalue weighted by molar-refractivity contribution is 7.20. The van der Waals surface area contributed by atoms with Gasteiger partial charge in [0.15, 0.2) is 0 Å². The second-order valence-corrected chi connectivity index (χ2v) is 6.95. The Balaban J connectivity index is 2.20. The summed E-state index contributed by atoms with van der Waals surface area (Å²) in [6.07, 6.45) is 0. The number of thiophene rings is 1. The lowest BCUT2D eigenvalue weighted by Gasteiger charge is -2.17. The third-order valence-electron chi connectivity index (χ3n) is 3.17. The number of aryl methyl sites for hydroxylation is 1. The summed E-state index contributed by atoms with van der Waals surface area (Å²) < 4.78 is 6.06. The number of carbonyl (C=O) groups excluding carboxylic acids is 1. The van der Waals surface area contributed by atoms with Crippen LogP contribution in [0.5, 0.6) is 0 Å². The average Bonchev–Trinajstić information content (AvgIpc) is 2.79. The number of hydrogen-bond donors (Lipinski definition) is 1. The highest BCUT2D eigenvalue weighted by Gasteiger charge is 2.15. The quantitative estimate of drug-likeness (QED) is 0.763. The van der Waals surface area contributed by atoms with Gasteiger partial charge in [-0.15, -0.1) is 11.3 Å². The van der Waals surface area contributed by atoms with Gasteiger partial charge < -0.3 is 10.1 Å². The van der Waals surface area contributed by atoms with E-state index in [4.69, 9.17) is 27.9 Å². The van der Waals surface area contributed by atoms with Crippen molar-refractivity contribution in [3.8, 4) is 0 Å². The van der Waals surface area contributed by atoms with Crippen LogP contribution in [-0.2, 0) is 4.74 Å². The van der Waals surface area contributed by atoms with Crippen molar-refractivity contribution >= 4 is 46.2 Å². The fourth-order valence-corrected chi connectivity index (χ4v) is 3.68. The molecule has 6 heteroatoms. The van der Waals surface area contributed by atoms with Gasteiger partial charge in [0.05, 0.1) is 27.4 Å². The van der Waals surface area contributed by atoms with Crippen molar-refractivity contribution in [1.82, 2.24) is 0 Å². The van der Waals surface area contributed by atoms with Gasteiger partial charge in [-0.3, -0.25) is 0 Å². The van der Waals surface area contributed by atoms with Crippen LogP contribution in [0.15, 0.2) is 24.3 Å². The molecule has 0 saturated carbocycles. The van der Waals surface area contributed by atoms with Crippen molar-refractivity contribution in [1.29, 1.82) is 0 Å². The molecule has 0 fully saturated rings. The molecular weight excluding hydrogens is 329 g/mol. The van der Waals surface area contributed by atoms with E-state index in [-0.39, 0.29) is 12.0 Å². The molecule has 1 unspecified atom stereocenters. The molecule has 1 N–H and O–H groups in total. The lowest BCUT2D eigenvalue weighted by molar-refractivity contribution is 0.0600. The Morgan fingerprint density at radius 3 is 2.57 bits per heavy atom. The molecule has 0 aliphatic heterocycles. The van der Waals surface area contributed by atoms with E-state index in [1.807, 2.05) is 26.0 Å². The molecule has 0 spiro atoms. The molecule has 112 valence electrons. The minimum absolute atomic E-state index is 0.0175. The van der Waals surface area contributed by atoms with Crippen molar-refractivity contribution < 1.29 is 9.53 Å². The summed E-state index contributed by atoms with van der Waals surface area (Å²) in [7, 11) is 1.37. The minimum Gasteiger partial charge on any atom is -0.465 e. The van der Waals surface area contributed by atoms with Crippen molar-refractivity contribution in [3.05, 3.63) is 49.6 Å². The van der Waals surface area contributed by atoms with Crippen LogP contribution in [-0.4, -0.2) is 13.1 Å². The molecule has 1 atom stereocenters. The summed E-state index contributed by atoms with van der Waals surface area (Å²) in [6, 6.07) is 7.27. The molecule has 2 aromatic rings. The van der Waals surface area contributed by atoms with Crippen molar-refractivity contribution in [2.24, 2.45) is 0 Å². The average molecular weight is 344 g/mol. The molecule has 0 saturated heterocycles. The number of esters is 1. The van der Waals surface area contributed by atoms with Gasteiger partial charge in [0, 0.05) is 11.3 Å². The van der Waals surface area contributed by atoms with Gasteiger partial charge in [0.1, 0.15) is 0 Å². The first-order valence-corrected chi connectivity index (χ1v) is 7.90.